The molecule has 0 spiro atoms. The quantitative estimate of drug-likeness (QED) is 0.824. The summed E-state index contributed by atoms with van der Waals surface area (Å²) in [4.78, 5) is 14.2. The fraction of sp³-hybridized carbons (Fsp3) is 0.933. The number of fused-ring (bicyclic) bond motifs is 2. The largest absolute Gasteiger partial charge is 0.396 e. The Kier molecular flexibility index (Phi) is 4.17. The smallest absolute Gasteiger partial charge is 0.317 e. The van der Waals surface area contributed by atoms with E-state index in [9.17, 15) is 4.79 Å². The number of ether oxygens (including phenoxy) is 1. The fourth-order valence-electron chi connectivity index (χ4n) is 3.93. The molecule has 0 aromatic heterocycles. The Morgan fingerprint density at radius 3 is 2.55 bits per heavy atom. The average Bonchev–Trinajstić information content (AvgIpc) is 3.09. The lowest BCUT2D eigenvalue weighted by Gasteiger charge is -2.35. The van der Waals surface area contributed by atoms with Gasteiger partial charge in [0.15, 0.2) is 0 Å². The summed E-state index contributed by atoms with van der Waals surface area (Å²) in [6, 6.07) is 0.563. The number of urea groups is 1. The maximum atomic E-state index is 12.3. The van der Waals surface area contributed by atoms with Crippen LogP contribution in [0.1, 0.15) is 44.9 Å². The maximum absolute atomic E-state index is 12.3. The molecule has 3 rings (SSSR count). The van der Waals surface area contributed by atoms with Gasteiger partial charge in [0.2, 0.25) is 0 Å². The van der Waals surface area contributed by atoms with Crippen molar-refractivity contribution in [2.75, 3.05) is 13.7 Å². The van der Waals surface area contributed by atoms with Crippen LogP contribution in [0.5, 0.6) is 0 Å². The number of carbonyl (C=O) groups excluding carboxylic acids is 1. The summed E-state index contributed by atoms with van der Waals surface area (Å²) in [5.74, 6) is 0.432. The predicted molar refractivity (Wildman–Crippen MR) is 75.4 cm³/mol. The second kappa shape index (κ2) is 5.90. The van der Waals surface area contributed by atoms with Gasteiger partial charge in [-0.2, -0.15) is 0 Å². The molecule has 20 heavy (non-hydrogen) atoms. The molecular weight excluding hydrogens is 256 g/mol. The van der Waals surface area contributed by atoms with Crippen LogP contribution < -0.4 is 5.32 Å². The standard InChI is InChI=1S/C15H26N2O3/c1-17(11-4-2-10(9-18)3-5-11)15(19)16-13-8-12-6-7-14(13)20-12/h10-14,18H,2-9H2,1H3,(H,16,19). The Balaban J connectivity index is 1.47. The van der Waals surface area contributed by atoms with Crippen LogP contribution in [0.15, 0.2) is 0 Å². The van der Waals surface area contributed by atoms with Crippen LogP contribution in [0.2, 0.25) is 0 Å². The van der Waals surface area contributed by atoms with E-state index in [-0.39, 0.29) is 24.8 Å². The molecule has 3 unspecified atom stereocenters. The molecule has 5 nitrogen and oxygen atoms in total. The normalized spacial score (nSPS) is 39.8. The van der Waals surface area contributed by atoms with Crippen LogP contribution in [0.3, 0.4) is 0 Å². The minimum atomic E-state index is 0.0404. The van der Waals surface area contributed by atoms with Crippen molar-refractivity contribution in [2.45, 2.75) is 69.2 Å². The lowest BCUT2D eigenvalue weighted by atomic mass is 9.86. The summed E-state index contributed by atoms with van der Waals surface area (Å²) >= 11 is 0. The number of hydrogen-bond donors (Lipinski definition) is 2. The fourth-order valence-corrected chi connectivity index (χ4v) is 3.93. The minimum Gasteiger partial charge on any atom is -0.396 e. The van der Waals surface area contributed by atoms with Gasteiger partial charge in [-0.1, -0.05) is 0 Å². The molecule has 2 saturated heterocycles. The molecule has 2 bridgehead atoms. The summed E-state index contributed by atoms with van der Waals surface area (Å²) < 4.78 is 5.78. The Morgan fingerprint density at radius 2 is 2.00 bits per heavy atom. The third-order valence-corrected chi connectivity index (χ3v) is 5.36. The van der Waals surface area contributed by atoms with E-state index >= 15 is 0 Å². The number of amides is 2. The summed E-state index contributed by atoms with van der Waals surface area (Å²) in [6.07, 6.45) is 7.87. The van der Waals surface area contributed by atoms with E-state index in [0.717, 1.165) is 44.9 Å². The van der Waals surface area contributed by atoms with Gasteiger partial charge < -0.3 is 20.1 Å². The second-order valence-electron chi connectivity index (χ2n) is 6.63. The van der Waals surface area contributed by atoms with Gasteiger partial charge in [-0.15, -0.1) is 0 Å². The Morgan fingerprint density at radius 1 is 1.25 bits per heavy atom. The van der Waals surface area contributed by atoms with Crippen molar-refractivity contribution in [3.63, 3.8) is 0 Å². The molecule has 0 radical (unpaired) electrons. The van der Waals surface area contributed by atoms with E-state index in [4.69, 9.17) is 9.84 Å². The number of nitrogens with one attached hydrogen (secondary N) is 1. The van der Waals surface area contributed by atoms with Crippen LogP contribution in [0, 0.1) is 5.92 Å². The Hall–Kier alpha value is -0.810. The Bertz CT molecular complexity index is 355. The summed E-state index contributed by atoms with van der Waals surface area (Å²) in [5.41, 5.74) is 0. The number of nitrogens with zero attached hydrogens (tertiary/aromatic N) is 1. The van der Waals surface area contributed by atoms with E-state index in [1.165, 1.54) is 0 Å². The molecule has 5 heteroatoms. The van der Waals surface area contributed by atoms with Crippen LogP contribution in [-0.2, 0) is 4.74 Å². The number of aliphatic hydroxyl groups is 1. The second-order valence-corrected chi connectivity index (χ2v) is 6.63. The first-order valence-electron chi connectivity index (χ1n) is 7.97. The van der Waals surface area contributed by atoms with Crippen molar-refractivity contribution in [3.8, 4) is 0 Å². The highest BCUT2D eigenvalue weighted by Crippen LogP contribution is 2.34. The lowest BCUT2D eigenvalue weighted by molar-refractivity contribution is 0.0954. The highest BCUT2D eigenvalue weighted by atomic mass is 16.5. The van der Waals surface area contributed by atoms with E-state index in [1.54, 1.807) is 0 Å². The summed E-state index contributed by atoms with van der Waals surface area (Å²) in [6.45, 7) is 0.283. The SMILES string of the molecule is CN(C(=O)NC1CC2CCC1O2)C1CCC(CO)CC1. The molecule has 1 saturated carbocycles. The van der Waals surface area contributed by atoms with Crippen molar-refractivity contribution in [3.05, 3.63) is 0 Å². The van der Waals surface area contributed by atoms with Crippen LogP contribution >= 0.6 is 0 Å². The van der Waals surface area contributed by atoms with Gasteiger partial charge in [0.05, 0.1) is 18.2 Å². The highest BCUT2D eigenvalue weighted by Gasteiger charge is 2.42. The number of rotatable bonds is 3. The van der Waals surface area contributed by atoms with Gasteiger partial charge in [-0.05, 0) is 50.9 Å². The van der Waals surface area contributed by atoms with Gasteiger partial charge in [0.1, 0.15) is 0 Å². The topological polar surface area (TPSA) is 61.8 Å². The maximum Gasteiger partial charge on any atom is 0.317 e. The van der Waals surface area contributed by atoms with Gasteiger partial charge in [0, 0.05) is 19.7 Å². The predicted octanol–water partition coefficient (Wildman–Crippen LogP) is 1.50. The van der Waals surface area contributed by atoms with E-state index < -0.39 is 0 Å². The number of carbonyl (C=O) groups is 1. The zero-order valence-corrected chi connectivity index (χ0v) is 12.3. The van der Waals surface area contributed by atoms with Crippen molar-refractivity contribution in [2.24, 2.45) is 5.92 Å². The van der Waals surface area contributed by atoms with Crippen LogP contribution in [-0.4, -0.2) is 54.0 Å². The molecule has 2 N–H and O–H groups in total. The van der Waals surface area contributed by atoms with E-state index in [0.29, 0.717) is 18.1 Å². The molecule has 2 amide bonds. The van der Waals surface area contributed by atoms with Crippen molar-refractivity contribution >= 4 is 6.03 Å². The molecule has 0 aromatic rings. The van der Waals surface area contributed by atoms with Crippen molar-refractivity contribution < 1.29 is 14.6 Å². The summed E-state index contributed by atoms with van der Waals surface area (Å²) in [7, 11) is 1.90. The zero-order valence-electron chi connectivity index (χ0n) is 12.3. The summed E-state index contributed by atoms with van der Waals surface area (Å²) in [5, 5.41) is 12.3. The third-order valence-electron chi connectivity index (χ3n) is 5.36. The van der Waals surface area contributed by atoms with Crippen LogP contribution in [0.4, 0.5) is 4.79 Å². The first-order chi connectivity index (χ1) is 9.67. The number of hydrogen-bond acceptors (Lipinski definition) is 3. The van der Waals surface area contributed by atoms with Gasteiger partial charge in [0.25, 0.3) is 0 Å². The third kappa shape index (κ3) is 2.79. The molecule has 3 aliphatic rings. The van der Waals surface area contributed by atoms with E-state index in [1.807, 2.05) is 11.9 Å². The molecule has 114 valence electrons. The molecule has 2 heterocycles. The zero-order chi connectivity index (χ0) is 14.1. The molecule has 3 fully saturated rings. The molecule has 2 aliphatic heterocycles. The average molecular weight is 282 g/mol. The first-order valence-corrected chi connectivity index (χ1v) is 7.97. The molecule has 1 aliphatic carbocycles. The lowest BCUT2D eigenvalue weighted by Crippen LogP contribution is -2.50. The first kappa shape index (κ1) is 14.1. The highest BCUT2D eigenvalue weighted by molar-refractivity contribution is 5.74. The van der Waals surface area contributed by atoms with Gasteiger partial charge >= 0.3 is 6.03 Å². The number of aliphatic hydroxyl groups excluding tert-OH is 1. The molecular formula is C15H26N2O3. The molecule has 3 atom stereocenters. The minimum absolute atomic E-state index is 0.0404. The van der Waals surface area contributed by atoms with Crippen molar-refractivity contribution in [1.82, 2.24) is 10.2 Å². The molecule has 0 aromatic carbocycles. The monoisotopic (exact) mass is 282 g/mol. The van der Waals surface area contributed by atoms with Crippen molar-refractivity contribution in [1.29, 1.82) is 0 Å². The van der Waals surface area contributed by atoms with Crippen LogP contribution in [0.25, 0.3) is 0 Å². The van der Waals surface area contributed by atoms with E-state index in [2.05, 4.69) is 5.32 Å². The van der Waals surface area contributed by atoms with Gasteiger partial charge in [-0.3, -0.25) is 0 Å². The van der Waals surface area contributed by atoms with Gasteiger partial charge in [-0.25, -0.2) is 4.79 Å². The Labute approximate surface area is 120 Å².